The third-order valence-corrected chi connectivity index (χ3v) is 6.17. The third-order valence-electron chi connectivity index (χ3n) is 5.86. The van der Waals surface area contributed by atoms with Gasteiger partial charge in [0, 0.05) is 37.4 Å². The summed E-state index contributed by atoms with van der Waals surface area (Å²) in [4.78, 5) is 5.01. The molecule has 4 rings (SSSR count). The van der Waals surface area contributed by atoms with Crippen molar-refractivity contribution in [2.75, 3.05) is 45.9 Å². The lowest BCUT2D eigenvalue weighted by molar-refractivity contribution is 0.134. The van der Waals surface area contributed by atoms with E-state index < -0.39 is 0 Å². The third kappa shape index (κ3) is 3.89. The van der Waals surface area contributed by atoms with Crippen LogP contribution in [0.1, 0.15) is 18.0 Å². The first-order valence-corrected chi connectivity index (χ1v) is 10.2. The number of piperazine rings is 1. The van der Waals surface area contributed by atoms with Crippen LogP contribution in [0, 0.1) is 0 Å². The van der Waals surface area contributed by atoms with Crippen molar-refractivity contribution in [3.05, 3.63) is 59.1 Å². The maximum Gasteiger partial charge on any atom is 0.161 e. The van der Waals surface area contributed by atoms with E-state index in [4.69, 9.17) is 25.8 Å². The summed E-state index contributed by atoms with van der Waals surface area (Å²) in [6.07, 6.45) is 5.65. The highest BCUT2D eigenvalue weighted by Gasteiger charge is 2.34. The number of benzene rings is 2. The van der Waals surface area contributed by atoms with Gasteiger partial charge in [-0.15, -0.1) is 0 Å². The minimum atomic E-state index is 0.246. The van der Waals surface area contributed by atoms with Gasteiger partial charge in [-0.1, -0.05) is 29.8 Å². The maximum atomic E-state index is 6.20. The number of hydrogen-bond acceptors (Lipinski definition) is 5. The fourth-order valence-electron chi connectivity index (χ4n) is 4.34. The van der Waals surface area contributed by atoms with Gasteiger partial charge in [0.05, 0.1) is 32.4 Å². The minimum Gasteiger partial charge on any atom is -0.495 e. The molecule has 1 fully saturated rings. The molecule has 6 heteroatoms. The van der Waals surface area contributed by atoms with Crippen LogP contribution < -0.4 is 19.1 Å². The minimum absolute atomic E-state index is 0.246. The first kappa shape index (κ1) is 19.9. The van der Waals surface area contributed by atoms with Gasteiger partial charge in [0.15, 0.2) is 11.5 Å². The van der Waals surface area contributed by atoms with Gasteiger partial charge in [0.2, 0.25) is 0 Å². The molecular weight excluding hydrogens is 388 g/mol. The van der Waals surface area contributed by atoms with Crippen molar-refractivity contribution in [3.63, 3.8) is 0 Å². The molecule has 0 aromatic heterocycles. The van der Waals surface area contributed by atoms with E-state index in [0.717, 1.165) is 49.0 Å². The van der Waals surface area contributed by atoms with Gasteiger partial charge >= 0.3 is 0 Å². The van der Waals surface area contributed by atoms with Crippen molar-refractivity contribution in [1.82, 2.24) is 4.90 Å². The predicted molar refractivity (Wildman–Crippen MR) is 117 cm³/mol. The van der Waals surface area contributed by atoms with E-state index in [-0.39, 0.29) is 6.04 Å². The molecule has 2 heterocycles. The number of halogens is 1. The fraction of sp³-hybridized carbons (Fsp3) is 0.391. The van der Waals surface area contributed by atoms with Crippen molar-refractivity contribution in [3.8, 4) is 17.2 Å². The smallest absolute Gasteiger partial charge is 0.161 e. The van der Waals surface area contributed by atoms with Crippen LogP contribution in [0.4, 0.5) is 5.69 Å². The number of ether oxygens (including phenoxy) is 3. The van der Waals surface area contributed by atoms with Crippen LogP contribution in [0.3, 0.4) is 0 Å². The van der Waals surface area contributed by atoms with E-state index in [9.17, 15) is 0 Å². The molecule has 0 unspecified atom stereocenters. The highest BCUT2D eigenvalue weighted by Crippen LogP contribution is 2.38. The van der Waals surface area contributed by atoms with Crippen LogP contribution in [-0.4, -0.2) is 51.9 Å². The van der Waals surface area contributed by atoms with Crippen molar-refractivity contribution in [1.29, 1.82) is 0 Å². The highest BCUT2D eigenvalue weighted by molar-refractivity contribution is 6.32. The van der Waals surface area contributed by atoms with Crippen molar-refractivity contribution in [2.45, 2.75) is 18.5 Å². The van der Waals surface area contributed by atoms with E-state index in [2.05, 4.69) is 40.2 Å². The van der Waals surface area contributed by atoms with E-state index in [1.807, 2.05) is 18.2 Å². The average molecular weight is 415 g/mol. The second-order valence-electron chi connectivity index (χ2n) is 7.38. The summed E-state index contributed by atoms with van der Waals surface area (Å²) in [6, 6.07) is 12.9. The number of fused-ring (bicyclic) bond motifs is 1. The normalized spacial score (nSPS) is 21.6. The summed E-state index contributed by atoms with van der Waals surface area (Å²) in [5.74, 6) is 2.25. The van der Waals surface area contributed by atoms with E-state index in [1.165, 1.54) is 5.56 Å². The van der Waals surface area contributed by atoms with Crippen molar-refractivity contribution in [2.24, 2.45) is 0 Å². The Labute approximate surface area is 177 Å². The molecule has 2 atom stereocenters. The molecule has 2 aliphatic rings. The second kappa shape index (κ2) is 8.56. The summed E-state index contributed by atoms with van der Waals surface area (Å²) in [5, 5.41) is 0.643. The Morgan fingerprint density at radius 1 is 0.897 bits per heavy atom. The van der Waals surface area contributed by atoms with Crippen molar-refractivity contribution < 1.29 is 14.2 Å². The molecule has 2 aromatic rings. The number of rotatable bonds is 5. The first-order chi connectivity index (χ1) is 14.1. The van der Waals surface area contributed by atoms with Gasteiger partial charge in [-0.25, -0.2) is 0 Å². The Hall–Kier alpha value is -2.37. The predicted octanol–water partition coefficient (Wildman–Crippen LogP) is 4.56. The zero-order valence-corrected chi connectivity index (χ0v) is 17.9. The van der Waals surface area contributed by atoms with Crippen molar-refractivity contribution >= 4 is 17.3 Å². The largest absolute Gasteiger partial charge is 0.495 e. The van der Waals surface area contributed by atoms with Crippen LogP contribution in [0.15, 0.2) is 48.6 Å². The topological polar surface area (TPSA) is 34.2 Å². The summed E-state index contributed by atoms with van der Waals surface area (Å²) in [7, 11) is 5.00. The second-order valence-corrected chi connectivity index (χ2v) is 7.79. The van der Waals surface area contributed by atoms with E-state index in [0.29, 0.717) is 11.1 Å². The van der Waals surface area contributed by atoms with Crippen LogP contribution in [-0.2, 0) is 0 Å². The molecule has 0 bridgehead atoms. The molecule has 1 saturated heterocycles. The Morgan fingerprint density at radius 3 is 2.45 bits per heavy atom. The number of hydrogen-bond donors (Lipinski definition) is 0. The monoisotopic (exact) mass is 414 g/mol. The lowest BCUT2D eigenvalue weighted by Crippen LogP contribution is -2.54. The molecule has 2 aliphatic heterocycles. The lowest BCUT2D eigenvalue weighted by Gasteiger charge is -2.47. The summed E-state index contributed by atoms with van der Waals surface area (Å²) < 4.78 is 16.3. The molecule has 0 amide bonds. The Balaban J connectivity index is 1.54. The zero-order chi connectivity index (χ0) is 20.4. The zero-order valence-electron chi connectivity index (χ0n) is 17.1. The molecule has 154 valence electrons. The molecule has 0 spiro atoms. The Bertz CT molecular complexity index is 902. The van der Waals surface area contributed by atoms with Gasteiger partial charge < -0.3 is 19.1 Å². The van der Waals surface area contributed by atoms with Gasteiger partial charge in [0.1, 0.15) is 5.75 Å². The maximum absolute atomic E-state index is 6.20. The van der Waals surface area contributed by atoms with Crippen LogP contribution in [0.25, 0.3) is 0 Å². The first-order valence-electron chi connectivity index (χ1n) is 9.87. The number of nitrogens with zero attached hydrogens (tertiary/aromatic N) is 2. The molecule has 0 N–H and O–H groups in total. The molecule has 5 nitrogen and oxygen atoms in total. The summed E-state index contributed by atoms with van der Waals surface area (Å²) in [5.41, 5.74) is 2.38. The quantitative estimate of drug-likeness (QED) is 0.670. The number of anilines is 1. The number of methoxy groups -OCH3 is 3. The molecule has 29 heavy (non-hydrogen) atoms. The Kier molecular flexibility index (Phi) is 5.88. The van der Waals surface area contributed by atoms with Gasteiger partial charge in [-0.2, -0.15) is 0 Å². The summed E-state index contributed by atoms with van der Waals surface area (Å²) >= 11 is 6.20. The molecule has 0 radical (unpaired) electrons. The Morgan fingerprint density at radius 2 is 1.69 bits per heavy atom. The van der Waals surface area contributed by atoms with Gasteiger partial charge in [-0.3, -0.25) is 4.90 Å². The van der Waals surface area contributed by atoms with E-state index >= 15 is 0 Å². The molecule has 2 aromatic carbocycles. The fourth-order valence-corrected chi connectivity index (χ4v) is 4.53. The van der Waals surface area contributed by atoms with Gasteiger partial charge in [-0.05, 0) is 36.2 Å². The lowest BCUT2D eigenvalue weighted by atomic mass is 9.94. The molecule has 0 aliphatic carbocycles. The molecular formula is C23H27ClN2O3. The van der Waals surface area contributed by atoms with Crippen LogP contribution in [0.5, 0.6) is 17.2 Å². The average Bonchev–Trinajstić information content (AvgIpc) is 2.78. The van der Waals surface area contributed by atoms with Crippen LogP contribution in [0.2, 0.25) is 5.02 Å². The SMILES string of the molecule is COc1cc(N2CCN3[C@@H](CC=C[C@@H]3c3ccc(OC)c(OC)c3)C2)ccc1Cl. The highest BCUT2D eigenvalue weighted by atomic mass is 35.5. The van der Waals surface area contributed by atoms with Gasteiger partial charge in [0.25, 0.3) is 0 Å². The van der Waals surface area contributed by atoms with E-state index in [1.54, 1.807) is 21.3 Å². The van der Waals surface area contributed by atoms with Crippen LogP contribution >= 0.6 is 11.6 Å². The summed E-state index contributed by atoms with van der Waals surface area (Å²) in [6.45, 7) is 2.91. The molecule has 0 saturated carbocycles. The standard InChI is InChI=1S/C23H27ClN2O3/c1-27-21-10-7-16(13-23(21)29-3)20-6-4-5-18-15-25(11-12-26(18)20)17-8-9-19(24)22(14-17)28-2/h4,6-10,13-14,18,20H,5,11-12,15H2,1-3H3/t18-,20+/m0/s1.